The minimum atomic E-state index is -0.155. The molecule has 1 amide bonds. The Morgan fingerprint density at radius 3 is 3.00 bits per heavy atom. The first-order valence-electron chi connectivity index (χ1n) is 7.41. The van der Waals surface area contributed by atoms with Crippen LogP contribution in [0.2, 0.25) is 0 Å². The highest BCUT2D eigenvalue weighted by Gasteiger charge is 2.20. The molecule has 4 N–H and O–H groups in total. The van der Waals surface area contributed by atoms with Gasteiger partial charge >= 0.3 is 0 Å². The van der Waals surface area contributed by atoms with Gasteiger partial charge < -0.3 is 11.1 Å². The number of carbonyl (C=O) groups excluding carboxylic acids is 1. The fourth-order valence-corrected chi connectivity index (χ4v) is 2.84. The molecule has 3 rings (SSSR count). The van der Waals surface area contributed by atoms with Gasteiger partial charge in [-0.3, -0.25) is 14.8 Å². The molecule has 2 heterocycles. The molecule has 1 aromatic heterocycles. The number of nitrogen functional groups attached to an aromatic ring is 1. The van der Waals surface area contributed by atoms with Crippen LogP contribution < -0.4 is 11.1 Å². The van der Waals surface area contributed by atoms with E-state index in [-0.39, 0.29) is 5.91 Å². The number of benzene rings is 1. The molecule has 6 heteroatoms. The largest absolute Gasteiger partial charge is 0.399 e. The second kappa shape index (κ2) is 5.73. The number of fused-ring (bicyclic) bond motifs is 1. The van der Waals surface area contributed by atoms with Gasteiger partial charge in [0.1, 0.15) is 0 Å². The van der Waals surface area contributed by atoms with Crippen molar-refractivity contribution in [2.75, 3.05) is 25.4 Å². The van der Waals surface area contributed by atoms with Crippen molar-refractivity contribution in [1.82, 2.24) is 20.4 Å². The summed E-state index contributed by atoms with van der Waals surface area (Å²) in [5, 5.41) is 10.7. The summed E-state index contributed by atoms with van der Waals surface area (Å²) < 4.78 is 0. The maximum atomic E-state index is 12.3. The summed E-state index contributed by atoms with van der Waals surface area (Å²) in [5.41, 5.74) is 7.63. The number of aromatic amines is 1. The average Bonchev–Trinajstić information content (AvgIpc) is 3.13. The van der Waals surface area contributed by atoms with E-state index >= 15 is 0 Å². The van der Waals surface area contributed by atoms with Crippen molar-refractivity contribution < 1.29 is 4.79 Å². The number of hydrogen-bond donors (Lipinski definition) is 3. The molecule has 0 spiro atoms. The maximum Gasteiger partial charge on any atom is 0.272 e. The van der Waals surface area contributed by atoms with Gasteiger partial charge in [-0.2, -0.15) is 5.10 Å². The lowest BCUT2D eigenvalue weighted by Gasteiger charge is -2.23. The molecule has 21 heavy (non-hydrogen) atoms. The fourth-order valence-electron chi connectivity index (χ4n) is 2.84. The Morgan fingerprint density at radius 1 is 1.48 bits per heavy atom. The number of amides is 1. The summed E-state index contributed by atoms with van der Waals surface area (Å²) in [4.78, 5) is 14.7. The van der Waals surface area contributed by atoms with Crippen LogP contribution in [0.4, 0.5) is 5.69 Å². The molecule has 0 saturated carbocycles. The highest BCUT2D eigenvalue weighted by molar-refractivity contribution is 6.05. The van der Waals surface area contributed by atoms with Crippen molar-refractivity contribution in [3.63, 3.8) is 0 Å². The van der Waals surface area contributed by atoms with Crippen LogP contribution in [0.15, 0.2) is 18.2 Å². The van der Waals surface area contributed by atoms with E-state index in [0.717, 1.165) is 24.0 Å². The van der Waals surface area contributed by atoms with E-state index in [1.807, 2.05) is 6.07 Å². The van der Waals surface area contributed by atoms with E-state index in [0.29, 0.717) is 24.0 Å². The third kappa shape index (κ3) is 2.85. The Morgan fingerprint density at radius 2 is 2.24 bits per heavy atom. The van der Waals surface area contributed by atoms with Crippen LogP contribution >= 0.6 is 0 Å². The maximum absolute atomic E-state index is 12.3. The van der Waals surface area contributed by atoms with Crippen LogP contribution in [0.5, 0.6) is 0 Å². The predicted molar refractivity (Wildman–Crippen MR) is 83.1 cm³/mol. The molecular formula is C15H21N5O. The Balaban J connectivity index is 1.67. The van der Waals surface area contributed by atoms with Crippen molar-refractivity contribution in [3.05, 3.63) is 23.9 Å². The number of nitrogens with one attached hydrogen (secondary N) is 2. The molecule has 112 valence electrons. The Bertz CT molecular complexity index is 645. The van der Waals surface area contributed by atoms with Gasteiger partial charge in [0.15, 0.2) is 5.69 Å². The minimum absolute atomic E-state index is 0.155. The molecular weight excluding hydrogens is 266 g/mol. The molecule has 1 unspecified atom stereocenters. The number of anilines is 1. The summed E-state index contributed by atoms with van der Waals surface area (Å²) in [6, 6.07) is 5.75. The van der Waals surface area contributed by atoms with Crippen molar-refractivity contribution in [1.29, 1.82) is 0 Å². The molecule has 2 aromatic rings. The first kappa shape index (κ1) is 13.9. The first-order valence-corrected chi connectivity index (χ1v) is 7.41. The second-order valence-electron chi connectivity index (χ2n) is 5.68. The van der Waals surface area contributed by atoms with E-state index in [1.165, 1.54) is 12.8 Å². The van der Waals surface area contributed by atoms with Gasteiger partial charge in [-0.1, -0.05) is 0 Å². The van der Waals surface area contributed by atoms with E-state index in [4.69, 9.17) is 5.73 Å². The highest BCUT2D eigenvalue weighted by Crippen LogP contribution is 2.19. The molecule has 1 aliphatic heterocycles. The van der Waals surface area contributed by atoms with Crippen LogP contribution in [0.3, 0.4) is 0 Å². The number of hydrogen-bond acceptors (Lipinski definition) is 4. The smallest absolute Gasteiger partial charge is 0.272 e. The molecule has 0 radical (unpaired) electrons. The molecule has 1 aromatic carbocycles. The molecule has 0 bridgehead atoms. The lowest BCUT2D eigenvalue weighted by atomic mass is 10.2. The van der Waals surface area contributed by atoms with Gasteiger partial charge in [-0.25, -0.2) is 0 Å². The van der Waals surface area contributed by atoms with Gasteiger partial charge in [0.05, 0.1) is 5.52 Å². The second-order valence-corrected chi connectivity index (χ2v) is 5.68. The van der Waals surface area contributed by atoms with E-state index in [9.17, 15) is 4.79 Å². The first-order chi connectivity index (χ1) is 10.1. The third-order valence-corrected chi connectivity index (χ3v) is 4.12. The summed E-state index contributed by atoms with van der Waals surface area (Å²) in [5.74, 6) is -0.155. The summed E-state index contributed by atoms with van der Waals surface area (Å²) in [6.45, 7) is 5.03. The monoisotopic (exact) mass is 287 g/mol. The normalized spacial score (nSPS) is 17.2. The Hall–Kier alpha value is -2.08. The molecule has 1 atom stereocenters. The van der Waals surface area contributed by atoms with Crippen LogP contribution in [-0.4, -0.2) is 46.7 Å². The SMILES string of the molecule is CC(CNC(=O)c1n[nH]c2ccc(N)cc12)N1CCCC1. The highest BCUT2D eigenvalue weighted by atomic mass is 16.1. The molecule has 0 aliphatic carbocycles. The third-order valence-electron chi connectivity index (χ3n) is 4.12. The van der Waals surface area contributed by atoms with E-state index in [2.05, 4.69) is 27.3 Å². The lowest BCUT2D eigenvalue weighted by molar-refractivity contribution is 0.0937. The van der Waals surface area contributed by atoms with Crippen LogP contribution in [0.1, 0.15) is 30.3 Å². The van der Waals surface area contributed by atoms with Crippen molar-refractivity contribution in [2.45, 2.75) is 25.8 Å². The number of likely N-dealkylation sites (tertiary alicyclic amines) is 1. The Kier molecular flexibility index (Phi) is 3.79. The van der Waals surface area contributed by atoms with Crippen molar-refractivity contribution in [2.24, 2.45) is 0 Å². The number of nitrogens with zero attached hydrogens (tertiary/aromatic N) is 2. The molecule has 1 aliphatic rings. The van der Waals surface area contributed by atoms with E-state index in [1.54, 1.807) is 12.1 Å². The topological polar surface area (TPSA) is 87.0 Å². The zero-order chi connectivity index (χ0) is 14.8. The molecule has 6 nitrogen and oxygen atoms in total. The number of carbonyl (C=O) groups is 1. The minimum Gasteiger partial charge on any atom is -0.399 e. The Labute approximate surface area is 123 Å². The van der Waals surface area contributed by atoms with E-state index < -0.39 is 0 Å². The van der Waals surface area contributed by atoms with Crippen LogP contribution in [0, 0.1) is 0 Å². The van der Waals surface area contributed by atoms with Gasteiger partial charge in [-0.15, -0.1) is 0 Å². The van der Waals surface area contributed by atoms with Gasteiger partial charge in [0, 0.05) is 23.7 Å². The van der Waals surface area contributed by atoms with Crippen LogP contribution in [0.25, 0.3) is 10.9 Å². The van der Waals surface area contributed by atoms with Gasteiger partial charge in [0.25, 0.3) is 5.91 Å². The standard InChI is InChI=1S/C15H21N5O/c1-10(20-6-2-3-7-20)9-17-15(21)14-12-8-11(16)4-5-13(12)18-19-14/h4-5,8,10H,2-3,6-7,9,16H2,1H3,(H,17,21)(H,18,19). The summed E-state index contributed by atoms with van der Waals surface area (Å²) in [6.07, 6.45) is 2.50. The number of H-pyrrole nitrogens is 1. The van der Waals surface area contributed by atoms with Gasteiger partial charge in [0.2, 0.25) is 0 Å². The quantitative estimate of drug-likeness (QED) is 0.741. The zero-order valence-electron chi connectivity index (χ0n) is 12.2. The number of nitrogens with two attached hydrogens (primary N) is 1. The number of aromatic nitrogens is 2. The van der Waals surface area contributed by atoms with Gasteiger partial charge in [-0.05, 0) is 51.1 Å². The lowest BCUT2D eigenvalue weighted by Crippen LogP contribution is -2.40. The van der Waals surface area contributed by atoms with Crippen LogP contribution in [-0.2, 0) is 0 Å². The number of rotatable bonds is 4. The molecule has 1 saturated heterocycles. The average molecular weight is 287 g/mol. The van der Waals surface area contributed by atoms with Crippen molar-refractivity contribution >= 4 is 22.5 Å². The summed E-state index contributed by atoms with van der Waals surface area (Å²) >= 11 is 0. The summed E-state index contributed by atoms with van der Waals surface area (Å²) in [7, 11) is 0. The molecule has 1 fully saturated rings. The predicted octanol–water partition coefficient (Wildman–Crippen LogP) is 1.36. The fraction of sp³-hybridized carbons (Fsp3) is 0.467. The van der Waals surface area contributed by atoms with Crippen molar-refractivity contribution in [3.8, 4) is 0 Å². The zero-order valence-corrected chi connectivity index (χ0v) is 12.2.